The van der Waals surface area contributed by atoms with Crippen LogP contribution in [0.3, 0.4) is 0 Å². The van der Waals surface area contributed by atoms with E-state index in [1.54, 1.807) is 0 Å². The lowest BCUT2D eigenvalue weighted by atomic mass is 9.87. The zero-order valence-corrected chi connectivity index (χ0v) is 18.6. The van der Waals surface area contributed by atoms with E-state index in [9.17, 15) is 4.79 Å². The van der Waals surface area contributed by atoms with E-state index in [4.69, 9.17) is 0 Å². The predicted octanol–water partition coefficient (Wildman–Crippen LogP) is 5.10. The van der Waals surface area contributed by atoms with Crippen LogP contribution in [-0.4, -0.2) is 41.4 Å². The molecule has 0 saturated carbocycles. The molecule has 2 aromatic carbocycles. The van der Waals surface area contributed by atoms with Gasteiger partial charge in [0.2, 0.25) is 5.91 Å². The standard InChI is InChI=1S/C26H36N2O/c1-19(2)26(29)28(20(3)4)17-24-16-27(15-22-9-7-6-8-10-22)18-25(24)23-13-11-21(5)12-14-23/h6-14,19-20,24-25H,15-18H2,1-5H3. The van der Waals surface area contributed by atoms with E-state index in [2.05, 4.69) is 85.2 Å². The molecule has 0 N–H and O–H groups in total. The fraction of sp³-hybridized carbons (Fsp3) is 0.500. The highest BCUT2D eigenvalue weighted by atomic mass is 16.2. The van der Waals surface area contributed by atoms with E-state index in [1.165, 1.54) is 16.7 Å². The maximum absolute atomic E-state index is 12.8. The molecule has 1 aliphatic rings. The lowest BCUT2D eigenvalue weighted by molar-refractivity contribution is -0.136. The van der Waals surface area contributed by atoms with Gasteiger partial charge in [-0.3, -0.25) is 9.69 Å². The van der Waals surface area contributed by atoms with Gasteiger partial charge in [0, 0.05) is 44.1 Å². The average molecular weight is 393 g/mol. The molecule has 1 amide bonds. The minimum absolute atomic E-state index is 0.0389. The first-order chi connectivity index (χ1) is 13.8. The van der Waals surface area contributed by atoms with Crippen LogP contribution in [0.1, 0.15) is 50.3 Å². The van der Waals surface area contributed by atoms with Gasteiger partial charge in [0.1, 0.15) is 0 Å². The highest BCUT2D eigenvalue weighted by Crippen LogP contribution is 2.35. The summed E-state index contributed by atoms with van der Waals surface area (Å²) >= 11 is 0. The van der Waals surface area contributed by atoms with E-state index in [1.807, 2.05) is 13.8 Å². The van der Waals surface area contributed by atoms with Crippen molar-refractivity contribution in [3.63, 3.8) is 0 Å². The van der Waals surface area contributed by atoms with Gasteiger partial charge in [0.15, 0.2) is 0 Å². The Labute approximate surface area is 176 Å². The molecule has 0 aliphatic carbocycles. The van der Waals surface area contributed by atoms with Gasteiger partial charge in [-0.25, -0.2) is 0 Å². The first-order valence-electron chi connectivity index (χ1n) is 11.0. The molecule has 29 heavy (non-hydrogen) atoms. The molecular formula is C26H36N2O. The lowest BCUT2D eigenvalue weighted by Crippen LogP contribution is -2.43. The number of hydrogen-bond donors (Lipinski definition) is 0. The minimum atomic E-state index is 0.0389. The third-order valence-electron chi connectivity index (χ3n) is 6.10. The Morgan fingerprint density at radius 1 is 1.00 bits per heavy atom. The van der Waals surface area contributed by atoms with E-state index in [0.717, 1.165) is 26.2 Å². The highest BCUT2D eigenvalue weighted by molar-refractivity contribution is 5.78. The van der Waals surface area contributed by atoms with Crippen LogP contribution in [0, 0.1) is 18.8 Å². The fourth-order valence-corrected chi connectivity index (χ4v) is 4.45. The number of aryl methyl sites for hydroxylation is 1. The summed E-state index contributed by atoms with van der Waals surface area (Å²) in [5.74, 6) is 1.22. The summed E-state index contributed by atoms with van der Waals surface area (Å²) in [4.78, 5) is 17.5. The molecule has 3 heteroatoms. The zero-order chi connectivity index (χ0) is 21.0. The quantitative estimate of drug-likeness (QED) is 0.654. The van der Waals surface area contributed by atoms with Gasteiger partial charge < -0.3 is 4.90 Å². The van der Waals surface area contributed by atoms with Crippen LogP contribution in [-0.2, 0) is 11.3 Å². The van der Waals surface area contributed by atoms with E-state index in [-0.39, 0.29) is 17.9 Å². The average Bonchev–Trinajstić information content (AvgIpc) is 3.09. The molecular weight excluding hydrogens is 356 g/mol. The third-order valence-corrected chi connectivity index (χ3v) is 6.10. The Bertz CT molecular complexity index is 782. The van der Waals surface area contributed by atoms with Crippen molar-refractivity contribution in [3.8, 4) is 0 Å². The molecule has 1 fully saturated rings. The van der Waals surface area contributed by atoms with Gasteiger partial charge in [-0.1, -0.05) is 74.0 Å². The molecule has 1 saturated heterocycles. The fourth-order valence-electron chi connectivity index (χ4n) is 4.45. The van der Waals surface area contributed by atoms with Gasteiger partial charge in [-0.2, -0.15) is 0 Å². The number of carbonyl (C=O) groups excluding carboxylic acids is 1. The predicted molar refractivity (Wildman–Crippen MR) is 121 cm³/mol. The van der Waals surface area contributed by atoms with Crippen molar-refractivity contribution >= 4 is 5.91 Å². The number of hydrogen-bond acceptors (Lipinski definition) is 2. The van der Waals surface area contributed by atoms with Gasteiger partial charge in [-0.15, -0.1) is 0 Å². The van der Waals surface area contributed by atoms with Gasteiger partial charge in [0.25, 0.3) is 0 Å². The number of benzene rings is 2. The topological polar surface area (TPSA) is 23.6 Å². The van der Waals surface area contributed by atoms with E-state index < -0.39 is 0 Å². The second kappa shape index (κ2) is 9.58. The van der Waals surface area contributed by atoms with E-state index >= 15 is 0 Å². The Morgan fingerprint density at radius 3 is 2.24 bits per heavy atom. The summed E-state index contributed by atoms with van der Waals surface area (Å²) in [6, 6.07) is 19.9. The van der Waals surface area contributed by atoms with Gasteiger partial charge in [0.05, 0.1) is 0 Å². The molecule has 0 aromatic heterocycles. The van der Waals surface area contributed by atoms with Gasteiger partial charge in [-0.05, 0) is 37.8 Å². The SMILES string of the molecule is Cc1ccc(C2CN(Cc3ccccc3)CC2CN(C(=O)C(C)C)C(C)C)cc1. The van der Waals surface area contributed by atoms with Crippen molar-refractivity contribution in [2.45, 2.75) is 53.1 Å². The van der Waals surface area contributed by atoms with Crippen molar-refractivity contribution in [3.05, 3.63) is 71.3 Å². The minimum Gasteiger partial charge on any atom is -0.340 e. The van der Waals surface area contributed by atoms with Crippen molar-refractivity contribution in [1.29, 1.82) is 0 Å². The molecule has 156 valence electrons. The second-order valence-electron chi connectivity index (χ2n) is 9.20. The number of rotatable bonds is 7. The van der Waals surface area contributed by atoms with Crippen LogP contribution in [0.15, 0.2) is 54.6 Å². The highest BCUT2D eigenvalue weighted by Gasteiger charge is 2.36. The number of nitrogens with zero attached hydrogens (tertiary/aromatic N) is 2. The summed E-state index contributed by atoms with van der Waals surface area (Å²) in [6.45, 7) is 14.3. The van der Waals surface area contributed by atoms with E-state index in [0.29, 0.717) is 11.8 Å². The summed E-state index contributed by atoms with van der Waals surface area (Å²) in [5.41, 5.74) is 4.05. The molecule has 1 heterocycles. The number of amides is 1. The molecule has 2 aromatic rings. The molecule has 3 rings (SSSR count). The molecule has 0 spiro atoms. The van der Waals surface area contributed by atoms with Crippen molar-refractivity contribution in [1.82, 2.24) is 9.80 Å². The van der Waals surface area contributed by atoms with Crippen molar-refractivity contribution in [2.75, 3.05) is 19.6 Å². The van der Waals surface area contributed by atoms with Crippen molar-refractivity contribution < 1.29 is 4.79 Å². The lowest BCUT2D eigenvalue weighted by Gasteiger charge is -2.33. The number of likely N-dealkylation sites (tertiary alicyclic amines) is 1. The van der Waals surface area contributed by atoms with Crippen LogP contribution in [0.25, 0.3) is 0 Å². The Kier molecular flexibility index (Phi) is 7.13. The smallest absolute Gasteiger partial charge is 0.225 e. The summed E-state index contributed by atoms with van der Waals surface area (Å²) in [6.07, 6.45) is 0. The zero-order valence-electron chi connectivity index (χ0n) is 18.6. The normalized spacial score (nSPS) is 19.8. The maximum atomic E-state index is 12.8. The van der Waals surface area contributed by atoms with Crippen LogP contribution >= 0.6 is 0 Å². The third kappa shape index (κ3) is 5.48. The molecule has 0 radical (unpaired) electrons. The molecule has 2 atom stereocenters. The van der Waals surface area contributed by atoms with Crippen LogP contribution < -0.4 is 0 Å². The van der Waals surface area contributed by atoms with Crippen LogP contribution in [0.2, 0.25) is 0 Å². The van der Waals surface area contributed by atoms with Crippen LogP contribution in [0.5, 0.6) is 0 Å². The summed E-state index contributed by atoms with van der Waals surface area (Å²) in [5, 5.41) is 0. The molecule has 0 bridgehead atoms. The Hall–Kier alpha value is -2.13. The number of carbonyl (C=O) groups is 1. The van der Waals surface area contributed by atoms with Gasteiger partial charge >= 0.3 is 0 Å². The Morgan fingerprint density at radius 2 is 1.66 bits per heavy atom. The summed E-state index contributed by atoms with van der Waals surface area (Å²) in [7, 11) is 0. The van der Waals surface area contributed by atoms with Crippen molar-refractivity contribution in [2.24, 2.45) is 11.8 Å². The Balaban J connectivity index is 1.81. The first-order valence-corrected chi connectivity index (χ1v) is 11.0. The van der Waals surface area contributed by atoms with Crippen LogP contribution in [0.4, 0.5) is 0 Å². The molecule has 2 unspecified atom stereocenters. The molecule has 1 aliphatic heterocycles. The first kappa shape index (κ1) is 21.6. The second-order valence-corrected chi connectivity index (χ2v) is 9.20. The monoisotopic (exact) mass is 392 g/mol. The largest absolute Gasteiger partial charge is 0.340 e. The maximum Gasteiger partial charge on any atom is 0.225 e. The molecule has 3 nitrogen and oxygen atoms in total. The summed E-state index contributed by atoms with van der Waals surface area (Å²) < 4.78 is 0.